The molecular weight excluding hydrogens is 425 g/mol. The summed E-state index contributed by atoms with van der Waals surface area (Å²) >= 11 is 0. The Labute approximate surface area is 236 Å². The fourth-order valence-corrected chi connectivity index (χ4v) is 3.79. The molecule has 2 aliphatic carbocycles. The molecule has 32 heavy (non-hydrogen) atoms. The van der Waals surface area contributed by atoms with Gasteiger partial charge in [-0.25, -0.2) is 0 Å². The Morgan fingerprint density at radius 1 is 1.16 bits per heavy atom. The summed E-state index contributed by atoms with van der Waals surface area (Å²) in [5.41, 5.74) is 4.70. The van der Waals surface area contributed by atoms with E-state index in [0.717, 1.165) is 54.5 Å². The smallest absolute Gasteiger partial charge is 0.496 e. The monoisotopic (exact) mass is 459 g/mol. The van der Waals surface area contributed by atoms with E-state index in [-0.39, 0.29) is 70.6 Å². The standard InChI is InChI=1S/C17H22NO2.C9H9O.CH3.K/c1-20-16-11-14(9-10-15(16)12-7-8-12)18-17(19)13-5-3-2-4-6-13;1-7-4-3-5-9(6-10)8(7)2;;/h2,9-13H,3-8H2,1H3,(H,18,19);3-6H,2H2,1H3;1H3;/q3*-1;+1. The Hall–Kier alpha value is -1.11. The number of amides is 1. The first kappa shape index (κ1) is 28.9. The molecular formula is C27H34KNO3-2. The van der Waals surface area contributed by atoms with Gasteiger partial charge in [-0.05, 0) is 30.4 Å². The van der Waals surface area contributed by atoms with Crippen LogP contribution in [-0.2, 0) is 4.79 Å². The largest absolute Gasteiger partial charge is 1.00 e. The molecule has 0 heterocycles. The molecule has 0 aliphatic heterocycles. The number of ether oxygens (including phenoxy) is 1. The molecule has 0 atom stereocenters. The second-order valence-electron chi connectivity index (χ2n) is 8.12. The van der Waals surface area contributed by atoms with Gasteiger partial charge in [0.25, 0.3) is 0 Å². The van der Waals surface area contributed by atoms with Crippen molar-refractivity contribution in [2.24, 2.45) is 5.92 Å². The van der Waals surface area contributed by atoms with Crippen molar-refractivity contribution in [1.29, 1.82) is 0 Å². The predicted molar refractivity (Wildman–Crippen MR) is 127 cm³/mol. The van der Waals surface area contributed by atoms with E-state index in [4.69, 9.17) is 4.74 Å². The molecule has 0 spiro atoms. The Balaban J connectivity index is 0.000000366. The number of nitrogens with one attached hydrogen (secondary N) is 1. The van der Waals surface area contributed by atoms with Gasteiger partial charge in [0.15, 0.2) is 0 Å². The minimum absolute atomic E-state index is 0. The maximum absolute atomic E-state index is 12.2. The average molecular weight is 460 g/mol. The summed E-state index contributed by atoms with van der Waals surface area (Å²) in [7, 11) is 1.70. The number of benzene rings is 2. The van der Waals surface area contributed by atoms with Crippen LogP contribution in [0.25, 0.3) is 0 Å². The van der Waals surface area contributed by atoms with Gasteiger partial charge in [-0.15, -0.1) is 12.1 Å². The molecule has 2 aliphatic rings. The van der Waals surface area contributed by atoms with Crippen molar-refractivity contribution in [2.45, 2.75) is 51.4 Å². The summed E-state index contributed by atoms with van der Waals surface area (Å²) in [5.74, 6) is 1.87. The van der Waals surface area contributed by atoms with Gasteiger partial charge in [0.1, 0.15) is 5.75 Å². The molecule has 4 nitrogen and oxygen atoms in total. The van der Waals surface area contributed by atoms with Gasteiger partial charge < -0.3 is 28.7 Å². The van der Waals surface area contributed by atoms with E-state index in [9.17, 15) is 9.59 Å². The maximum Gasteiger partial charge on any atom is 1.00 e. The van der Waals surface area contributed by atoms with Crippen molar-refractivity contribution in [3.8, 4) is 5.75 Å². The third kappa shape index (κ3) is 8.03. The molecule has 0 bridgehead atoms. The molecule has 5 heteroatoms. The molecule has 2 saturated carbocycles. The maximum atomic E-state index is 12.2. The summed E-state index contributed by atoms with van der Waals surface area (Å²) < 4.78 is 5.46. The molecule has 2 aromatic carbocycles. The van der Waals surface area contributed by atoms with Gasteiger partial charge >= 0.3 is 51.4 Å². The van der Waals surface area contributed by atoms with Crippen LogP contribution in [0.15, 0.2) is 36.4 Å². The molecule has 0 unspecified atom stereocenters. The van der Waals surface area contributed by atoms with Crippen molar-refractivity contribution >= 4 is 17.9 Å². The Morgan fingerprint density at radius 2 is 1.84 bits per heavy atom. The van der Waals surface area contributed by atoms with Crippen LogP contribution in [0.3, 0.4) is 0 Å². The van der Waals surface area contributed by atoms with Crippen LogP contribution < -0.4 is 61.4 Å². The zero-order valence-corrected chi connectivity index (χ0v) is 23.1. The molecule has 0 aromatic heterocycles. The van der Waals surface area contributed by atoms with Crippen LogP contribution in [0.4, 0.5) is 5.69 Å². The van der Waals surface area contributed by atoms with Gasteiger partial charge in [0, 0.05) is 17.7 Å². The number of carbonyl (C=O) groups is 2. The number of carbonyl (C=O) groups excluding carboxylic acids is 2. The molecule has 1 N–H and O–H groups in total. The number of hydrogen-bond donors (Lipinski definition) is 1. The van der Waals surface area contributed by atoms with Crippen LogP contribution in [0, 0.1) is 33.6 Å². The van der Waals surface area contributed by atoms with E-state index in [1.165, 1.54) is 18.4 Å². The van der Waals surface area contributed by atoms with Gasteiger partial charge in [-0.1, -0.05) is 37.5 Å². The molecule has 0 radical (unpaired) electrons. The van der Waals surface area contributed by atoms with Crippen molar-refractivity contribution in [3.63, 3.8) is 0 Å². The summed E-state index contributed by atoms with van der Waals surface area (Å²) in [4.78, 5) is 22.6. The Bertz CT molecular complexity index is 886. The summed E-state index contributed by atoms with van der Waals surface area (Å²) in [6.07, 6.45) is 9.67. The fourth-order valence-electron chi connectivity index (χ4n) is 3.79. The van der Waals surface area contributed by atoms with Gasteiger partial charge in [-0.2, -0.15) is 30.9 Å². The minimum Gasteiger partial charge on any atom is -0.496 e. The second-order valence-corrected chi connectivity index (χ2v) is 8.12. The molecule has 1 amide bonds. The van der Waals surface area contributed by atoms with Crippen LogP contribution >= 0.6 is 0 Å². The van der Waals surface area contributed by atoms with E-state index in [0.29, 0.717) is 11.5 Å². The second kappa shape index (κ2) is 14.2. The van der Waals surface area contributed by atoms with E-state index >= 15 is 0 Å². The van der Waals surface area contributed by atoms with Gasteiger partial charge in [0.05, 0.1) is 13.4 Å². The number of rotatable bonds is 5. The third-order valence-corrected chi connectivity index (χ3v) is 5.90. The fraction of sp³-hybridized carbons (Fsp3) is 0.370. The summed E-state index contributed by atoms with van der Waals surface area (Å²) in [5, 5.41) is 3.04. The first-order valence-corrected chi connectivity index (χ1v) is 10.7. The zero-order chi connectivity index (χ0) is 21.5. The number of methoxy groups -OCH3 is 1. The van der Waals surface area contributed by atoms with Crippen LogP contribution in [0.5, 0.6) is 5.75 Å². The Kier molecular flexibility index (Phi) is 12.8. The summed E-state index contributed by atoms with van der Waals surface area (Å²) in [6.45, 7) is 5.70. The number of hydrogen-bond acceptors (Lipinski definition) is 3. The Morgan fingerprint density at radius 3 is 2.41 bits per heavy atom. The van der Waals surface area contributed by atoms with Crippen molar-refractivity contribution in [3.05, 3.63) is 79.4 Å². The normalized spacial score (nSPS) is 15.2. The van der Waals surface area contributed by atoms with E-state index < -0.39 is 0 Å². The molecule has 2 fully saturated rings. The van der Waals surface area contributed by atoms with E-state index in [1.807, 2.05) is 31.2 Å². The molecule has 4 rings (SSSR count). The van der Waals surface area contributed by atoms with Crippen LogP contribution in [0.1, 0.15) is 71.5 Å². The molecule has 2 aromatic rings. The van der Waals surface area contributed by atoms with E-state index in [1.54, 1.807) is 13.2 Å². The quantitative estimate of drug-likeness (QED) is 0.424. The van der Waals surface area contributed by atoms with Crippen molar-refractivity contribution in [2.75, 3.05) is 12.4 Å². The van der Waals surface area contributed by atoms with Crippen LogP contribution in [-0.4, -0.2) is 19.3 Å². The molecule has 168 valence electrons. The van der Waals surface area contributed by atoms with Crippen molar-refractivity contribution < 1.29 is 65.7 Å². The summed E-state index contributed by atoms with van der Waals surface area (Å²) in [6, 6.07) is 11.6. The topological polar surface area (TPSA) is 55.4 Å². The zero-order valence-electron chi connectivity index (χ0n) is 19.9. The molecule has 0 saturated heterocycles. The van der Waals surface area contributed by atoms with Crippen molar-refractivity contribution in [1.82, 2.24) is 0 Å². The first-order valence-electron chi connectivity index (χ1n) is 10.7. The number of aldehydes is 1. The number of anilines is 1. The average Bonchev–Trinajstić information content (AvgIpc) is 3.62. The van der Waals surface area contributed by atoms with E-state index in [2.05, 4.69) is 24.7 Å². The first-order chi connectivity index (χ1) is 14.5. The predicted octanol–water partition coefficient (Wildman–Crippen LogP) is 3.35. The van der Waals surface area contributed by atoms with Gasteiger partial charge in [0.2, 0.25) is 5.91 Å². The third-order valence-electron chi connectivity index (χ3n) is 5.90. The van der Waals surface area contributed by atoms with Crippen LogP contribution in [0.2, 0.25) is 0 Å². The number of aryl methyl sites for hydroxylation is 1. The SMILES string of the molecule is COc1cc(NC(=O)C2CC[CH-]CC2)ccc1C1CC1.[CH2-]c1c(C)cccc1C=O.[CH3-].[K+]. The van der Waals surface area contributed by atoms with Gasteiger partial charge in [-0.3, -0.25) is 4.79 Å². The minimum atomic E-state index is 0.